The van der Waals surface area contributed by atoms with E-state index in [0.717, 1.165) is 44.3 Å². The number of aromatic carboxylic acids is 1. The Morgan fingerprint density at radius 2 is 1.61 bits per heavy atom. The molecule has 5 aliphatic carbocycles. The average molecular weight is 695 g/mol. The third-order valence-electron chi connectivity index (χ3n) is 16.5. The lowest BCUT2D eigenvalue weighted by atomic mass is 9.33. The molecule has 1 heterocycles. The second-order valence-electron chi connectivity index (χ2n) is 18.6. The summed E-state index contributed by atoms with van der Waals surface area (Å²) in [6.07, 6.45) is 12.8. The average Bonchev–Trinajstić information content (AvgIpc) is 3.42. The van der Waals surface area contributed by atoms with E-state index in [4.69, 9.17) is 0 Å². The summed E-state index contributed by atoms with van der Waals surface area (Å²) in [5.74, 6) is 2.22. The zero-order valence-corrected chi connectivity index (χ0v) is 31.7. The van der Waals surface area contributed by atoms with Gasteiger partial charge in [-0.05, 0) is 139 Å². The van der Waals surface area contributed by atoms with Crippen molar-refractivity contribution in [3.63, 3.8) is 0 Å². The minimum Gasteiger partial charge on any atom is -0.478 e. The van der Waals surface area contributed by atoms with Crippen LogP contribution in [0.5, 0.6) is 0 Å². The number of allylic oxidation sites excluding steroid dienone is 2. The van der Waals surface area contributed by atoms with Gasteiger partial charge >= 0.3 is 5.97 Å². The number of sulfone groups is 1. The van der Waals surface area contributed by atoms with E-state index in [1.54, 1.807) is 12.1 Å². The normalized spacial score (nSPS) is 43.3. The highest BCUT2D eigenvalue weighted by Gasteiger charge is 2.70. The predicted molar refractivity (Wildman–Crippen MR) is 196 cm³/mol. The van der Waals surface area contributed by atoms with E-state index in [1.807, 2.05) is 19.1 Å². The van der Waals surface area contributed by atoms with Crippen LogP contribution in [0.2, 0.25) is 0 Å². The van der Waals surface area contributed by atoms with Crippen molar-refractivity contribution in [3.05, 3.63) is 41.5 Å². The molecule has 0 spiro atoms. The molecule has 10 unspecified atom stereocenters. The van der Waals surface area contributed by atoms with E-state index >= 15 is 0 Å². The van der Waals surface area contributed by atoms with Crippen LogP contribution in [0.15, 0.2) is 30.3 Å². The SMILES string of the molecule is CC(O)C1CCC2(NCCN3CCS(=O)(=O)CC3)CCC3(C)C(CCC4C5(C)CC=C(c6ccc(C(=O)O)cc6)C(C)(C)C5CCC43C)C12. The fourth-order valence-corrected chi connectivity index (χ4v) is 15.1. The summed E-state index contributed by atoms with van der Waals surface area (Å²) in [6.45, 7) is 17.9. The standard InChI is InChI=1S/C41H62N2O5S/c1-27(44)30-13-18-41(42-21-22-43-23-25-49(47,48)26-24-43)20-19-39(5)32(35(30)41)11-12-34-38(4)16-14-31(28-7-9-29(10-8-28)36(45)46)37(2,3)33(38)15-17-40(34,39)6/h7-10,14,27,30,32-35,42,44H,11-13,15-26H2,1-6H3,(H,45,46). The lowest BCUT2D eigenvalue weighted by molar-refractivity contribution is -0.222. The number of carboxylic acids is 1. The fraction of sp³-hybridized carbons (Fsp3) is 0.780. The molecule has 4 saturated carbocycles. The number of carboxylic acid groups (broad SMARTS) is 1. The first kappa shape index (κ1) is 35.7. The van der Waals surface area contributed by atoms with Gasteiger partial charge in [0.15, 0.2) is 9.84 Å². The highest BCUT2D eigenvalue weighted by atomic mass is 32.2. The Morgan fingerprint density at radius 3 is 2.27 bits per heavy atom. The number of rotatable bonds is 7. The number of nitrogens with one attached hydrogen (secondary N) is 1. The third kappa shape index (κ3) is 5.51. The van der Waals surface area contributed by atoms with Crippen molar-refractivity contribution < 1.29 is 23.4 Å². The van der Waals surface area contributed by atoms with Gasteiger partial charge < -0.3 is 20.4 Å². The molecule has 272 valence electrons. The molecule has 5 fully saturated rings. The van der Waals surface area contributed by atoms with Gasteiger partial charge in [0.05, 0.1) is 23.2 Å². The first-order valence-corrected chi connectivity index (χ1v) is 21.2. The second kappa shape index (κ2) is 12.2. The zero-order chi connectivity index (χ0) is 35.2. The molecule has 6 aliphatic rings. The highest BCUT2D eigenvalue weighted by Crippen LogP contribution is 2.76. The molecule has 1 aromatic carbocycles. The summed E-state index contributed by atoms with van der Waals surface area (Å²) in [7, 11) is -2.88. The van der Waals surface area contributed by atoms with E-state index < -0.39 is 15.8 Å². The van der Waals surface area contributed by atoms with Crippen molar-refractivity contribution in [2.45, 2.75) is 111 Å². The number of fused-ring (bicyclic) bond motifs is 7. The molecular formula is C41H62N2O5S. The zero-order valence-electron chi connectivity index (χ0n) is 30.9. The Bertz CT molecular complexity index is 1570. The van der Waals surface area contributed by atoms with Crippen LogP contribution in [0.4, 0.5) is 0 Å². The smallest absolute Gasteiger partial charge is 0.335 e. The molecule has 0 aromatic heterocycles. The van der Waals surface area contributed by atoms with Gasteiger partial charge in [-0.3, -0.25) is 0 Å². The molecule has 3 N–H and O–H groups in total. The van der Waals surface area contributed by atoms with Gasteiger partial charge in [0.25, 0.3) is 0 Å². The van der Waals surface area contributed by atoms with E-state index in [9.17, 15) is 23.4 Å². The highest BCUT2D eigenvalue weighted by molar-refractivity contribution is 7.91. The van der Waals surface area contributed by atoms with Crippen molar-refractivity contribution in [1.82, 2.24) is 10.2 Å². The van der Waals surface area contributed by atoms with Gasteiger partial charge in [-0.25, -0.2) is 13.2 Å². The topological polar surface area (TPSA) is 107 Å². The minimum absolute atomic E-state index is 0.0100. The van der Waals surface area contributed by atoms with Crippen molar-refractivity contribution in [3.8, 4) is 0 Å². The van der Waals surface area contributed by atoms with Crippen LogP contribution in [0.25, 0.3) is 5.57 Å². The monoisotopic (exact) mass is 694 g/mol. The first-order chi connectivity index (χ1) is 23.0. The van der Waals surface area contributed by atoms with Crippen molar-refractivity contribution in [2.24, 2.45) is 51.2 Å². The molecule has 49 heavy (non-hydrogen) atoms. The number of aliphatic hydroxyl groups excluding tert-OH is 1. The molecule has 1 aromatic rings. The van der Waals surface area contributed by atoms with Crippen LogP contribution in [0.3, 0.4) is 0 Å². The lowest BCUT2D eigenvalue weighted by Gasteiger charge is -2.72. The molecule has 0 amide bonds. The van der Waals surface area contributed by atoms with E-state index in [2.05, 4.69) is 50.9 Å². The molecule has 8 heteroatoms. The van der Waals surface area contributed by atoms with Crippen LogP contribution in [0.1, 0.15) is 115 Å². The second-order valence-corrected chi connectivity index (χ2v) is 20.9. The molecule has 7 rings (SSSR count). The lowest BCUT2D eigenvalue weighted by Crippen LogP contribution is -2.68. The molecule has 7 nitrogen and oxygen atoms in total. The number of nitrogens with zero attached hydrogens (tertiary/aromatic N) is 1. The van der Waals surface area contributed by atoms with Crippen molar-refractivity contribution in [2.75, 3.05) is 37.7 Å². The summed E-state index contributed by atoms with van der Waals surface area (Å²) in [6, 6.07) is 7.53. The van der Waals surface area contributed by atoms with Crippen LogP contribution in [-0.4, -0.2) is 78.8 Å². The Kier molecular flexibility index (Phi) is 8.85. The number of hydrogen-bond acceptors (Lipinski definition) is 6. The number of hydrogen-bond donors (Lipinski definition) is 3. The fourth-order valence-electron chi connectivity index (χ4n) is 13.8. The van der Waals surface area contributed by atoms with E-state index in [-0.39, 0.29) is 44.8 Å². The Labute approximate surface area is 295 Å². The van der Waals surface area contributed by atoms with Crippen LogP contribution in [0, 0.1) is 51.2 Å². The van der Waals surface area contributed by atoms with E-state index in [1.165, 1.54) is 37.7 Å². The molecule has 10 atom stereocenters. The summed E-state index contributed by atoms with van der Waals surface area (Å²) in [5, 5.41) is 24.8. The van der Waals surface area contributed by atoms with Gasteiger partial charge in [0.1, 0.15) is 0 Å². The van der Waals surface area contributed by atoms with Crippen LogP contribution < -0.4 is 5.32 Å². The number of carbonyl (C=O) groups is 1. The quantitative estimate of drug-likeness (QED) is 0.285. The minimum atomic E-state index is -2.88. The summed E-state index contributed by atoms with van der Waals surface area (Å²) < 4.78 is 24.0. The summed E-state index contributed by atoms with van der Waals surface area (Å²) >= 11 is 0. The Morgan fingerprint density at radius 1 is 0.918 bits per heavy atom. The summed E-state index contributed by atoms with van der Waals surface area (Å²) in [5.41, 5.74) is 3.55. The maximum Gasteiger partial charge on any atom is 0.335 e. The molecule has 0 radical (unpaired) electrons. The van der Waals surface area contributed by atoms with Gasteiger partial charge in [-0.15, -0.1) is 0 Å². The maximum absolute atomic E-state index is 12.0. The largest absolute Gasteiger partial charge is 0.478 e. The number of benzene rings is 1. The maximum atomic E-state index is 12.0. The Balaban J connectivity index is 1.14. The van der Waals surface area contributed by atoms with Gasteiger partial charge in [0.2, 0.25) is 0 Å². The van der Waals surface area contributed by atoms with Gasteiger partial charge in [-0.2, -0.15) is 0 Å². The third-order valence-corrected chi connectivity index (χ3v) is 18.1. The molecule has 1 saturated heterocycles. The molecule has 0 bridgehead atoms. The van der Waals surface area contributed by atoms with Crippen LogP contribution in [-0.2, 0) is 9.84 Å². The van der Waals surface area contributed by atoms with Gasteiger partial charge in [-0.1, -0.05) is 52.8 Å². The Hall–Kier alpha value is -1.74. The van der Waals surface area contributed by atoms with Gasteiger partial charge in [0, 0.05) is 31.7 Å². The molecular weight excluding hydrogens is 633 g/mol. The number of aliphatic hydroxyl groups is 1. The van der Waals surface area contributed by atoms with Crippen LogP contribution >= 0.6 is 0 Å². The predicted octanol–water partition coefficient (Wildman–Crippen LogP) is 6.91. The van der Waals surface area contributed by atoms with E-state index in [0.29, 0.717) is 48.2 Å². The molecule has 1 aliphatic heterocycles. The summed E-state index contributed by atoms with van der Waals surface area (Å²) in [4.78, 5) is 13.9. The van der Waals surface area contributed by atoms with Crippen molar-refractivity contribution >= 4 is 21.4 Å². The first-order valence-electron chi connectivity index (χ1n) is 19.4. The van der Waals surface area contributed by atoms with Crippen molar-refractivity contribution in [1.29, 1.82) is 0 Å².